The summed E-state index contributed by atoms with van der Waals surface area (Å²) in [5.74, 6) is -0.862. The van der Waals surface area contributed by atoms with Crippen molar-refractivity contribution in [2.75, 3.05) is 13.1 Å². The van der Waals surface area contributed by atoms with E-state index in [1.807, 2.05) is 31.9 Å². The maximum atomic E-state index is 12.4. The molecule has 2 heterocycles. The average molecular weight is 350 g/mol. The van der Waals surface area contributed by atoms with Gasteiger partial charge in [-0.1, -0.05) is 6.92 Å². The van der Waals surface area contributed by atoms with Crippen LogP contribution in [0.5, 0.6) is 0 Å². The highest BCUT2D eigenvalue weighted by Crippen LogP contribution is 2.29. The van der Waals surface area contributed by atoms with Crippen LogP contribution < -0.4 is 5.32 Å². The van der Waals surface area contributed by atoms with E-state index in [0.717, 1.165) is 28.8 Å². The maximum absolute atomic E-state index is 12.4. The number of carboxylic acids is 1. The molecule has 0 aliphatic heterocycles. The van der Waals surface area contributed by atoms with Gasteiger partial charge in [0.15, 0.2) is 0 Å². The van der Waals surface area contributed by atoms with E-state index in [1.54, 1.807) is 4.68 Å². The van der Waals surface area contributed by atoms with Crippen molar-refractivity contribution in [1.29, 1.82) is 0 Å². The molecular weight excluding hydrogens is 328 g/mol. The van der Waals surface area contributed by atoms with Crippen LogP contribution in [-0.2, 0) is 11.8 Å². The zero-order chi connectivity index (χ0) is 17.4. The number of hydrogen-bond donors (Lipinski definition) is 2. The second kappa shape index (κ2) is 6.52. The van der Waals surface area contributed by atoms with E-state index in [-0.39, 0.29) is 24.5 Å². The van der Waals surface area contributed by atoms with Crippen LogP contribution in [0.1, 0.15) is 35.1 Å². The fraction of sp³-hybridized carbons (Fsp3) is 0.562. The lowest BCUT2D eigenvalue weighted by molar-refractivity contribution is -0.139. The van der Waals surface area contributed by atoms with Crippen molar-refractivity contribution in [2.24, 2.45) is 7.05 Å². The van der Waals surface area contributed by atoms with Crippen molar-refractivity contribution in [1.82, 2.24) is 20.0 Å². The maximum Gasteiger partial charge on any atom is 0.317 e. The Morgan fingerprint density at radius 1 is 1.50 bits per heavy atom. The summed E-state index contributed by atoms with van der Waals surface area (Å²) in [6.45, 7) is 4.67. The van der Waals surface area contributed by atoms with Gasteiger partial charge in [0.25, 0.3) is 5.91 Å². The van der Waals surface area contributed by atoms with E-state index in [0.29, 0.717) is 11.4 Å². The number of fused-ring (bicyclic) bond motifs is 1. The predicted octanol–water partition coefficient (Wildman–Crippen LogP) is 1.61. The van der Waals surface area contributed by atoms with Gasteiger partial charge in [-0.25, -0.2) is 0 Å². The SMILES string of the molecule is CCN(CC(=O)O)C1CC(NC(=O)c2cc3c(C)nn(C)c3s2)C1. The van der Waals surface area contributed by atoms with Crippen molar-refractivity contribution >= 4 is 33.4 Å². The van der Waals surface area contributed by atoms with Crippen LogP contribution >= 0.6 is 11.3 Å². The van der Waals surface area contributed by atoms with E-state index in [2.05, 4.69) is 10.4 Å². The van der Waals surface area contributed by atoms with Crippen LogP contribution in [-0.4, -0.2) is 56.8 Å². The van der Waals surface area contributed by atoms with Crippen LogP contribution in [0, 0.1) is 6.92 Å². The quantitative estimate of drug-likeness (QED) is 0.826. The Hall–Kier alpha value is -1.93. The van der Waals surface area contributed by atoms with Gasteiger partial charge < -0.3 is 10.4 Å². The van der Waals surface area contributed by atoms with Crippen molar-refractivity contribution < 1.29 is 14.7 Å². The van der Waals surface area contributed by atoms with E-state index >= 15 is 0 Å². The number of nitrogens with one attached hydrogen (secondary N) is 1. The lowest BCUT2D eigenvalue weighted by Gasteiger charge is -2.42. The summed E-state index contributed by atoms with van der Waals surface area (Å²) in [6.07, 6.45) is 1.61. The molecule has 1 amide bonds. The van der Waals surface area contributed by atoms with Gasteiger partial charge in [0.2, 0.25) is 0 Å². The van der Waals surface area contributed by atoms with E-state index in [4.69, 9.17) is 5.11 Å². The summed E-state index contributed by atoms with van der Waals surface area (Å²) in [6, 6.07) is 2.26. The normalized spacial score (nSPS) is 20.3. The first kappa shape index (κ1) is 16.9. The largest absolute Gasteiger partial charge is 0.480 e. The average Bonchev–Trinajstić information content (AvgIpc) is 3.02. The van der Waals surface area contributed by atoms with Gasteiger partial charge in [0, 0.05) is 24.5 Å². The second-order valence-electron chi connectivity index (χ2n) is 6.29. The lowest BCUT2D eigenvalue weighted by Crippen LogP contribution is -2.54. The Morgan fingerprint density at radius 2 is 2.21 bits per heavy atom. The monoisotopic (exact) mass is 350 g/mol. The molecule has 0 spiro atoms. The van der Waals surface area contributed by atoms with Gasteiger partial charge in [-0.15, -0.1) is 11.3 Å². The minimum atomic E-state index is -0.807. The molecule has 1 saturated carbocycles. The Bertz CT molecular complexity index is 741. The highest BCUT2D eigenvalue weighted by atomic mass is 32.1. The van der Waals surface area contributed by atoms with Gasteiger partial charge in [-0.2, -0.15) is 5.10 Å². The van der Waals surface area contributed by atoms with Crippen molar-refractivity contribution in [3.8, 4) is 0 Å². The van der Waals surface area contributed by atoms with Gasteiger partial charge in [-0.3, -0.25) is 19.2 Å². The molecule has 0 saturated heterocycles. The molecule has 24 heavy (non-hydrogen) atoms. The third-order valence-corrected chi connectivity index (χ3v) is 5.83. The zero-order valence-electron chi connectivity index (χ0n) is 14.1. The number of aryl methyl sites for hydroxylation is 2. The molecule has 3 rings (SSSR count). The molecule has 0 bridgehead atoms. The third kappa shape index (κ3) is 3.16. The summed E-state index contributed by atoms with van der Waals surface area (Å²) in [7, 11) is 1.88. The molecule has 8 heteroatoms. The number of aromatic nitrogens is 2. The van der Waals surface area contributed by atoms with Crippen molar-refractivity contribution in [2.45, 2.75) is 38.8 Å². The first-order valence-corrected chi connectivity index (χ1v) is 8.90. The van der Waals surface area contributed by atoms with Gasteiger partial charge >= 0.3 is 5.97 Å². The summed E-state index contributed by atoms with van der Waals surface area (Å²) in [5, 5.41) is 17.3. The molecular formula is C16H22N4O3S. The molecule has 1 aliphatic rings. The number of carbonyl (C=O) groups excluding carboxylic acids is 1. The summed E-state index contributed by atoms with van der Waals surface area (Å²) < 4.78 is 1.80. The van der Waals surface area contributed by atoms with Gasteiger partial charge in [-0.05, 0) is 32.4 Å². The Kier molecular flexibility index (Phi) is 4.60. The molecule has 1 aliphatic carbocycles. The molecule has 2 aromatic rings. The smallest absolute Gasteiger partial charge is 0.317 e. The number of carboxylic acid groups (broad SMARTS) is 1. The Labute approximate surface area is 144 Å². The fourth-order valence-electron chi connectivity index (χ4n) is 3.25. The van der Waals surface area contributed by atoms with Crippen molar-refractivity contribution in [3.63, 3.8) is 0 Å². The highest BCUT2D eigenvalue weighted by molar-refractivity contribution is 7.20. The number of carbonyl (C=O) groups is 2. The number of nitrogens with zero attached hydrogens (tertiary/aromatic N) is 3. The highest BCUT2D eigenvalue weighted by Gasteiger charge is 2.35. The zero-order valence-corrected chi connectivity index (χ0v) is 14.9. The summed E-state index contributed by atoms with van der Waals surface area (Å²) >= 11 is 1.45. The van der Waals surface area contributed by atoms with E-state index in [1.165, 1.54) is 11.3 Å². The summed E-state index contributed by atoms with van der Waals surface area (Å²) in [5.41, 5.74) is 0.929. The van der Waals surface area contributed by atoms with Gasteiger partial charge in [0.05, 0.1) is 17.1 Å². The first-order chi connectivity index (χ1) is 11.4. The van der Waals surface area contributed by atoms with E-state index in [9.17, 15) is 9.59 Å². The second-order valence-corrected chi connectivity index (χ2v) is 7.32. The predicted molar refractivity (Wildman–Crippen MR) is 92.5 cm³/mol. The molecule has 7 nitrogen and oxygen atoms in total. The third-order valence-electron chi connectivity index (χ3n) is 4.63. The minimum Gasteiger partial charge on any atom is -0.480 e. The Balaban J connectivity index is 1.58. The van der Waals surface area contributed by atoms with E-state index < -0.39 is 5.97 Å². The fourth-order valence-corrected chi connectivity index (χ4v) is 4.28. The van der Waals surface area contributed by atoms with Crippen molar-refractivity contribution in [3.05, 3.63) is 16.6 Å². The van der Waals surface area contributed by atoms with Crippen LogP contribution in [0.2, 0.25) is 0 Å². The molecule has 1 fully saturated rings. The number of rotatable bonds is 6. The Morgan fingerprint density at radius 3 is 2.79 bits per heavy atom. The minimum absolute atomic E-state index is 0.0552. The number of amides is 1. The van der Waals surface area contributed by atoms with Crippen LogP contribution in [0.4, 0.5) is 0 Å². The number of hydrogen-bond acceptors (Lipinski definition) is 5. The molecule has 0 radical (unpaired) electrons. The molecule has 0 atom stereocenters. The number of aliphatic carboxylic acids is 1. The molecule has 0 aromatic carbocycles. The molecule has 2 N–H and O–H groups in total. The summed E-state index contributed by atoms with van der Waals surface area (Å²) in [4.78, 5) is 26.9. The first-order valence-electron chi connectivity index (χ1n) is 8.08. The van der Waals surface area contributed by atoms with Crippen LogP contribution in [0.25, 0.3) is 10.2 Å². The molecule has 130 valence electrons. The number of thiophene rings is 1. The molecule has 0 unspecified atom stereocenters. The topological polar surface area (TPSA) is 87.5 Å². The van der Waals surface area contributed by atoms with Crippen LogP contribution in [0.3, 0.4) is 0 Å². The molecule has 2 aromatic heterocycles. The van der Waals surface area contributed by atoms with Crippen LogP contribution in [0.15, 0.2) is 6.07 Å². The van der Waals surface area contributed by atoms with Gasteiger partial charge in [0.1, 0.15) is 4.83 Å². The lowest BCUT2D eigenvalue weighted by atomic mass is 9.85. The number of likely N-dealkylation sites (N-methyl/N-ethyl adjacent to an activating group) is 1. The standard InChI is InChI=1S/C16H22N4O3S/c1-4-20(8-14(21)22)11-5-10(6-11)17-15(23)13-7-12-9(2)18-19(3)16(12)24-13/h7,10-11H,4-6,8H2,1-3H3,(H,17,23)(H,21,22).